The van der Waals surface area contributed by atoms with Gasteiger partial charge in [-0.05, 0) is 32.8 Å². The van der Waals surface area contributed by atoms with Crippen molar-refractivity contribution in [1.29, 1.82) is 0 Å². The smallest absolute Gasteiger partial charge is 0.230 e. The zero-order valence-corrected chi connectivity index (χ0v) is 13.0. The summed E-state index contributed by atoms with van der Waals surface area (Å²) < 4.78 is 5.11. The molecular formula is C16H20N4O2. The van der Waals surface area contributed by atoms with Crippen LogP contribution in [0.4, 0.5) is 0 Å². The number of likely N-dealkylation sites (tertiary alicyclic amines) is 1. The summed E-state index contributed by atoms with van der Waals surface area (Å²) in [6, 6.07) is 3.79. The minimum atomic E-state index is 0.105. The second kappa shape index (κ2) is 6.25. The number of aromatic nitrogens is 3. The number of piperidine rings is 1. The van der Waals surface area contributed by atoms with Crippen molar-refractivity contribution in [2.75, 3.05) is 13.1 Å². The molecule has 0 spiro atoms. The van der Waals surface area contributed by atoms with Crippen LogP contribution in [-0.4, -0.2) is 39.0 Å². The average molecular weight is 300 g/mol. The molecule has 2 aromatic heterocycles. The van der Waals surface area contributed by atoms with Gasteiger partial charge < -0.3 is 9.42 Å². The van der Waals surface area contributed by atoms with Crippen molar-refractivity contribution in [3.05, 3.63) is 41.3 Å². The van der Waals surface area contributed by atoms with Gasteiger partial charge in [-0.25, -0.2) is 9.97 Å². The van der Waals surface area contributed by atoms with E-state index >= 15 is 0 Å². The van der Waals surface area contributed by atoms with Gasteiger partial charge in [-0.2, -0.15) is 0 Å². The third-order valence-electron chi connectivity index (χ3n) is 4.07. The van der Waals surface area contributed by atoms with E-state index in [1.165, 1.54) is 0 Å². The molecule has 3 heterocycles. The number of carbonyl (C=O) groups excluding carboxylic acids is 1. The predicted molar refractivity (Wildman–Crippen MR) is 80.3 cm³/mol. The summed E-state index contributed by atoms with van der Waals surface area (Å²) in [5, 5.41) is 3.81. The van der Waals surface area contributed by atoms with Crippen molar-refractivity contribution < 1.29 is 9.32 Å². The van der Waals surface area contributed by atoms with Crippen LogP contribution in [0.2, 0.25) is 0 Å². The van der Waals surface area contributed by atoms with E-state index in [2.05, 4.69) is 15.1 Å². The fourth-order valence-electron chi connectivity index (χ4n) is 2.89. The van der Waals surface area contributed by atoms with Crippen LogP contribution in [0.15, 0.2) is 22.9 Å². The second-order valence-electron chi connectivity index (χ2n) is 5.80. The lowest BCUT2D eigenvalue weighted by Gasteiger charge is -2.31. The summed E-state index contributed by atoms with van der Waals surface area (Å²) in [6.07, 6.45) is 3.98. The number of rotatable bonds is 3. The Morgan fingerprint density at radius 2 is 2.14 bits per heavy atom. The molecule has 0 unspecified atom stereocenters. The molecule has 2 aromatic rings. The molecule has 116 valence electrons. The Labute approximate surface area is 129 Å². The van der Waals surface area contributed by atoms with Gasteiger partial charge >= 0.3 is 0 Å². The van der Waals surface area contributed by atoms with E-state index in [-0.39, 0.29) is 12.3 Å². The average Bonchev–Trinajstić information content (AvgIpc) is 2.92. The Kier molecular flexibility index (Phi) is 4.18. The quantitative estimate of drug-likeness (QED) is 0.867. The standard InChI is InChI=1S/C16H20N4O2/c1-11-9-14(22-19-11)10-16(21)20-7-4-13(5-8-20)15-3-6-17-12(2)18-15/h3,6,9,13H,4-5,7-8,10H2,1-2H3. The van der Waals surface area contributed by atoms with Crippen LogP contribution in [0.1, 0.15) is 41.7 Å². The normalized spacial score (nSPS) is 16.0. The van der Waals surface area contributed by atoms with Crippen molar-refractivity contribution in [2.24, 2.45) is 0 Å². The maximum absolute atomic E-state index is 12.3. The Morgan fingerprint density at radius 3 is 2.77 bits per heavy atom. The minimum Gasteiger partial charge on any atom is -0.361 e. The van der Waals surface area contributed by atoms with Gasteiger partial charge in [0, 0.05) is 37.0 Å². The molecule has 3 rings (SSSR count). The molecule has 6 nitrogen and oxygen atoms in total. The maximum atomic E-state index is 12.3. The van der Waals surface area contributed by atoms with E-state index in [4.69, 9.17) is 4.52 Å². The van der Waals surface area contributed by atoms with E-state index in [0.29, 0.717) is 11.7 Å². The number of aryl methyl sites for hydroxylation is 2. The van der Waals surface area contributed by atoms with Crippen LogP contribution in [0.3, 0.4) is 0 Å². The molecular weight excluding hydrogens is 280 g/mol. The highest BCUT2D eigenvalue weighted by atomic mass is 16.5. The Morgan fingerprint density at radius 1 is 1.36 bits per heavy atom. The van der Waals surface area contributed by atoms with Crippen LogP contribution in [0.25, 0.3) is 0 Å². The van der Waals surface area contributed by atoms with Crippen LogP contribution in [0.5, 0.6) is 0 Å². The van der Waals surface area contributed by atoms with Gasteiger partial charge in [0.2, 0.25) is 5.91 Å². The summed E-state index contributed by atoms with van der Waals surface area (Å²) in [6.45, 7) is 5.29. The lowest BCUT2D eigenvalue weighted by Crippen LogP contribution is -2.38. The third-order valence-corrected chi connectivity index (χ3v) is 4.07. The first-order valence-electron chi connectivity index (χ1n) is 7.61. The van der Waals surface area contributed by atoms with Gasteiger partial charge in [0.1, 0.15) is 11.6 Å². The highest BCUT2D eigenvalue weighted by molar-refractivity contribution is 5.78. The van der Waals surface area contributed by atoms with Crippen LogP contribution in [0, 0.1) is 13.8 Å². The monoisotopic (exact) mass is 300 g/mol. The molecule has 1 aliphatic heterocycles. The van der Waals surface area contributed by atoms with Crippen molar-refractivity contribution in [1.82, 2.24) is 20.0 Å². The predicted octanol–water partition coefficient (Wildman–Crippen LogP) is 2.03. The fraction of sp³-hybridized carbons (Fsp3) is 0.500. The molecule has 1 amide bonds. The first-order chi connectivity index (χ1) is 10.6. The Hall–Kier alpha value is -2.24. The van der Waals surface area contributed by atoms with E-state index in [9.17, 15) is 4.79 Å². The molecule has 1 saturated heterocycles. The van der Waals surface area contributed by atoms with Crippen molar-refractivity contribution in [3.63, 3.8) is 0 Å². The van der Waals surface area contributed by atoms with Crippen molar-refractivity contribution in [2.45, 2.75) is 39.0 Å². The number of hydrogen-bond acceptors (Lipinski definition) is 5. The second-order valence-corrected chi connectivity index (χ2v) is 5.80. The van der Waals surface area contributed by atoms with Gasteiger partial charge in [0.05, 0.1) is 12.1 Å². The SMILES string of the molecule is Cc1cc(CC(=O)N2CCC(c3ccnc(C)n3)CC2)on1. The number of amides is 1. The van der Waals surface area contributed by atoms with E-state index in [1.807, 2.05) is 30.9 Å². The summed E-state index contributed by atoms with van der Waals surface area (Å²) in [5.41, 5.74) is 1.89. The van der Waals surface area contributed by atoms with Crippen LogP contribution in [-0.2, 0) is 11.2 Å². The molecule has 0 bridgehead atoms. The zero-order chi connectivity index (χ0) is 15.5. The van der Waals surface area contributed by atoms with E-state index < -0.39 is 0 Å². The largest absolute Gasteiger partial charge is 0.361 e. The van der Waals surface area contributed by atoms with E-state index in [0.717, 1.165) is 43.1 Å². The van der Waals surface area contributed by atoms with Gasteiger partial charge in [0.25, 0.3) is 0 Å². The zero-order valence-electron chi connectivity index (χ0n) is 13.0. The van der Waals surface area contributed by atoms with Gasteiger partial charge in [-0.15, -0.1) is 0 Å². The van der Waals surface area contributed by atoms with Crippen LogP contribution >= 0.6 is 0 Å². The Bertz CT molecular complexity index is 660. The number of nitrogens with zero attached hydrogens (tertiary/aromatic N) is 4. The highest BCUT2D eigenvalue weighted by Gasteiger charge is 2.25. The number of hydrogen-bond donors (Lipinski definition) is 0. The summed E-state index contributed by atoms with van der Waals surface area (Å²) in [4.78, 5) is 22.8. The lowest BCUT2D eigenvalue weighted by atomic mass is 9.93. The van der Waals surface area contributed by atoms with E-state index in [1.54, 1.807) is 6.20 Å². The maximum Gasteiger partial charge on any atom is 0.230 e. The topological polar surface area (TPSA) is 72.1 Å². The molecule has 0 aromatic carbocycles. The molecule has 1 aliphatic rings. The first kappa shape index (κ1) is 14.7. The molecule has 22 heavy (non-hydrogen) atoms. The Balaban J connectivity index is 1.56. The summed E-state index contributed by atoms with van der Waals surface area (Å²) in [5.74, 6) is 1.96. The van der Waals surface area contributed by atoms with Gasteiger partial charge in [-0.3, -0.25) is 4.79 Å². The molecule has 0 N–H and O–H groups in total. The third kappa shape index (κ3) is 3.32. The van der Waals surface area contributed by atoms with Crippen LogP contribution < -0.4 is 0 Å². The fourth-order valence-corrected chi connectivity index (χ4v) is 2.89. The molecule has 0 radical (unpaired) electrons. The summed E-state index contributed by atoms with van der Waals surface area (Å²) >= 11 is 0. The van der Waals surface area contributed by atoms with Gasteiger partial charge in [0.15, 0.2) is 0 Å². The number of carbonyl (C=O) groups is 1. The highest BCUT2D eigenvalue weighted by Crippen LogP contribution is 2.26. The van der Waals surface area contributed by atoms with Crippen molar-refractivity contribution in [3.8, 4) is 0 Å². The molecule has 6 heteroatoms. The lowest BCUT2D eigenvalue weighted by molar-refractivity contribution is -0.131. The molecule has 1 fully saturated rings. The van der Waals surface area contributed by atoms with Gasteiger partial charge in [-0.1, -0.05) is 5.16 Å². The summed E-state index contributed by atoms with van der Waals surface area (Å²) in [7, 11) is 0. The molecule has 0 aliphatic carbocycles. The first-order valence-corrected chi connectivity index (χ1v) is 7.61. The molecule has 0 saturated carbocycles. The molecule has 0 atom stereocenters. The minimum absolute atomic E-state index is 0.105. The van der Waals surface area contributed by atoms with Crippen molar-refractivity contribution >= 4 is 5.91 Å².